The molecule has 1 aliphatic rings. The second kappa shape index (κ2) is 4.83. The van der Waals surface area contributed by atoms with E-state index in [0.717, 1.165) is 19.3 Å². The highest BCUT2D eigenvalue weighted by Crippen LogP contribution is 2.37. The highest BCUT2D eigenvalue weighted by molar-refractivity contribution is 7.91. The van der Waals surface area contributed by atoms with Gasteiger partial charge in [0, 0.05) is 5.75 Å². The van der Waals surface area contributed by atoms with Crippen molar-refractivity contribution in [1.82, 2.24) is 0 Å². The molecule has 3 nitrogen and oxygen atoms in total. The van der Waals surface area contributed by atoms with Gasteiger partial charge < -0.3 is 5.11 Å². The van der Waals surface area contributed by atoms with Crippen LogP contribution in [0.4, 0.5) is 0 Å². The Hall–Kier alpha value is -0.0900. The second-order valence-electron chi connectivity index (χ2n) is 4.91. The Kier molecular flexibility index (Phi) is 4.18. The van der Waals surface area contributed by atoms with Gasteiger partial charge in [-0.15, -0.1) is 0 Å². The van der Waals surface area contributed by atoms with Crippen LogP contribution in [-0.2, 0) is 9.84 Å². The van der Waals surface area contributed by atoms with Crippen LogP contribution >= 0.6 is 0 Å². The minimum absolute atomic E-state index is 0.210. The first-order valence-corrected chi connectivity index (χ1v) is 7.62. The van der Waals surface area contributed by atoms with E-state index in [0.29, 0.717) is 18.8 Å². The molecule has 2 unspecified atom stereocenters. The van der Waals surface area contributed by atoms with Crippen molar-refractivity contribution in [2.24, 2.45) is 5.92 Å². The molecule has 1 saturated carbocycles. The first kappa shape index (κ1) is 13.0. The van der Waals surface area contributed by atoms with Crippen LogP contribution < -0.4 is 0 Å². The molecule has 0 heterocycles. The van der Waals surface area contributed by atoms with Gasteiger partial charge in [0.05, 0.1) is 11.4 Å². The van der Waals surface area contributed by atoms with Crippen LogP contribution in [0.25, 0.3) is 0 Å². The summed E-state index contributed by atoms with van der Waals surface area (Å²) < 4.78 is 22.5. The van der Waals surface area contributed by atoms with E-state index in [1.165, 1.54) is 0 Å². The summed E-state index contributed by atoms with van der Waals surface area (Å²) in [6, 6.07) is 0. The molecule has 1 N–H and O–H groups in total. The van der Waals surface area contributed by atoms with Crippen LogP contribution in [0.3, 0.4) is 0 Å². The molecule has 1 fully saturated rings. The van der Waals surface area contributed by atoms with Crippen molar-refractivity contribution in [3.05, 3.63) is 0 Å². The van der Waals surface area contributed by atoms with Crippen LogP contribution in [0, 0.1) is 5.92 Å². The van der Waals surface area contributed by atoms with E-state index in [4.69, 9.17) is 0 Å². The molecule has 0 aromatic carbocycles. The first-order valence-electron chi connectivity index (χ1n) is 5.80. The maximum Gasteiger partial charge on any atom is 0.150 e. The Morgan fingerprint density at radius 3 is 2.60 bits per heavy atom. The predicted molar refractivity (Wildman–Crippen MR) is 61.5 cm³/mol. The lowest BCUT2D eigenvalue weighted by Gasteiger charge is -2.22. The molecular formula is C11H22O3S. The molecule has 0 bridgehead atoms. The van der Waals surface area contributed by atoms with Crippen molar-refractivity contribution in [2.45, 2.75) is 51.6 Å². The smallest absolute Gasteiger partial charge is 0.150 e. The molecule has 0 aromatic rings. The molecule has 0 radical (unpaired) electrons. The van der Waals surface area contributed by atoms with Crippen LogP contribution in [0.2, 0.25) is 0 Å². The van der Waals surface area contributed by atoms with Crippen molar-refractivity contribution >= 4 is 9.84 Å². The number of rotatable bonds is 5. The number of hydrogen-bond donors (Lipinski definition) is 1. The van der Waals surface area contributed by atoms with E-state index >= 15 is 0 Å². The Bertz CT molecular complexity index is 297. The zero-order valence-corrected chi connectivity index (χ0v) is 10.5. The normalized spacial score (nSPS) is 32.1. The minimum Gasteiger partial charge on any atom is -0.390 e. The third kappa shape index (κ3) is 4.11. The molecular weight excluding hydrogens is 212 g/mol. The van der Waals surface area contributed by atoms with Crippen LogP contribution in [0.1, 0.15) is 46.0 Å². The summed E-state index contributed by atoms with van der Waals surface area (Å²) in [6.45, 7) is 3.81. The van der Waals surface area contributed by atoms with E-state index in [1.807, 2.05) is 0 Å². The maximum atomic E-state index is 11.3. The predicted octanol–water partition coefficient (Wildman–Crippen LogP) is 1.75. The van der Waals surface area contributed by atoms with Gasteiger partial charge in [0.25, 0.3) is 0 Å². The Morgan fingerprint density at radius 2 is 2.13 bits per heavy atom. The quantitative estimate of drug-likeness (QED) is 0.788. The Balaban J connectivity index is 2.32. The van der Waals surface area contributed by atoms with Gasteiger partial charge >= 0.3 is 0 Å². The van der Waals surface area contributed by atoms with Crippen LogP contribution in [0.15, 0.2) is 0 Å². The fourth-order valence-electron chi connectivity index (χ4n) is 2.36. The summed E-state index contributed by atoms with van der Waals surface area (Å²) >= 11 is 0. The molecule has 0 aromatic heterocycles. The molecule has 1 aliphatic carbocycles. The SMILES string of the molecule is CCS(=O)(=O)CCCC1(O)CCC(C)C1. The van der Waals surface area contributed by atoms with Gasteiger partial charge in [0.1, 0.15) is 9.84 Å². The molecule has 1 rings (SSSR count). The summed E-state index contributed by atoms with van der Waals surface area (Å²) in [7, 11) is -2.86. The van der Waals surface area contributed by atoms with E-state index in [1.54, 1.807) is 6.92 Å². The van der Waals surface area contributed by atoms with Gasteiger partial charge in [-0.2, -0.15) is 0 Å². The average Bonchev–Trinajstić information content (AvgIpc) is 2.46. The molecule has 15 heavy (non-hydrogen) atoms. The summed E-state index contributed by atoms with van der Waals surface area (Å²) in [4.78, 5) is 0. The summed E-state index contributed by atoms with van der Waals surface area (Å²) in [5.74, 6) is 1.01. The average molecular weight is 234 g/mol. The zero-order valence-electron chi connectivity index (χ0n) is 9.70. The molecule has 90 valence electrons. The van der Waals surface area contributed by atoms with Crippen molar-refractivity contribution in [2.75, 3.05) is 11.5 Å². The number of aliphatic hydroxyl groups is 1. The standard InChI is InChI=1S/C11H22O3S/c1-3-15(13,14)8-4-6-11(12)7-5-10(2)9-11/h10,12H,3-9H2,1-2H3. The maximum absolute atomic E-state index is 11.3. The third-order valence-corrected chi connectivity index (χ3v) is 5.16. The van der Waals surface area contributed by atoms with Gasteiger partial charge in [0.2, 0.25) is 0 Å². The molecule has 0 saturated heterocycles. The largest absolute Gasteiger partial charge is 0.390 e. The van der Waals surface area contributed by atoms with E-state index in [9.17, 15) is 13.5 Å². The second-order valence-corrected chi connectivity index (χ2v) is 7.38. The summed E-state index contributed by atoms with van der Waals surface area (Å²) in [5, 5.41) is 10.1. The number of sulfone groups is 1. The third-order valence-electron chi connectivity index (χ3n) is 3.37. The number of hydrogen-bond acceptors (Lipinski definition) is 3. The van der Waals surface area contributed by atoms with Crippen LogP contribution in [0.5, 0.6) is 0 Å². The van der Waals surface area contributed by atoms with Crippen molar-refractivity contribution in [3.63, 3.8) is 0 Å². The lowest BCUT2D eigenvalue weighted by Crippen LogP contribution is -2.25. The monoisotopic (exact) mass is 234 g/mol. The lowest BCUT2D eigenvalue weighted by molar-refractivity contribution is 0.0349. The van der Waals surface area contributed by atoms with E-state index in [-0.39, 0.29) is 11.5 Å². The van der Waals surface area contributed by atoms with Crippen molar-refractivity contribution in [3.8, 4) is 0 Å². The molecule has 0 aliphatic heterocycles. The molecule has 0 spiro atoms. The summed E-state index contributed by atoms with van der Waals surface area (Å²) in [5.41, 5.74) is -0.581. The highest BCUT2D eigenvalue weighted by Gasteiger charge is 2.34. The van der Waals surface area contributed by atoms with Gasteiger partial charge in [-0.05, 0) is 38.0 Å². The minimum atomic E-state index is -2.86. The summed E-state index contributed by atoms with van der Waals surface area (Å²) in [6.07, 6.45) is 3.96. The van der Waals surface area contributed by atoms with E-state index in [2.05, 4.69) is 6.92 Å². The Labute approximate surface area is 92.8 Å². The fourth-order valence-corrected chi connectivity index (χ4v) is 3.23. The fraction of sp³-hybridized carbons (Fsp3) is 1.00. The van der Waals surface area contributed by atoms with Gasteiger partial charge in [-0.3, -0.25) is 0 Å². The van der Waals surface area contributed by atoms with Crippen molar-refractivity contribution in [1.29, 1.82) is 0 Å². The van der Waals surface area contributed by atoms with E-state index < -0.39 is 15.4 Å². The highest BCUT2D eigenvalue weighted by atomic mass is 32.2. The van der Waals surface area contributed by atoms with Gasteiger partial charge in [0.15, 0.2) is 0 Å². The molecule has 2 atom stereocenters. The van der Waals surface area contributed by atoms with Gasteiger partial charge in [-0.25, -0.2) is 8.42 Å². The zero-order chi connectivity index (χ0) is 11.5. The first-order chi connectivity index (χ1) is 6.87. The molecule has 0 amide bonds. The van der Waals surface area contributed by atoms with Crippen molar-refractivity contribution < 1.29 is 13.5 Å². The Morgan fingerprint density at radius 1 is 1.47 bits per heavy atom. The van der Waals surface area contributed by atoms with Gasteiger partial charge in [-0.1, -0.05) is 13.8 Å². The van der Waals surface area contributed by atoms with Crippen LogP contribution in [-0.4, -0.2) is 30.6 Å². The molecule has 4 heteroatoms. The lowest BCUT2D eigenvalue weighted by atomic mass is 9.95. The topological polar surface area (TPSA) is 54.4 Å².